The van der Waals surface area contributed by atoms with Crippen molar-refractivity contribution < 1.29 is 23.0 Å². The van der Waals surface area contributed by atoms with Gasteiger partial charge in [-0.15, -0.1) is 0 Å². The normalized spacial score (nSPS) is 16.0. The van der Waals surface area contributed by atoms with Gasteiger partial charge in [0.15, 0.2) is 6.29 Å². The molecule has 3 rings (SSSR count). The van der Waals surface area contributed by atoms with Crippen LogP contribution in [0.15, 0.2) is 29.2 Å². The summed E-state index contributed by atoms with van der Waals surface area (Å²) < 4.78 is 40.8. The van der Waals surface area contributed by atoms with E-state index in [0.717, 1.165) is 0 Å². The Morgan fingerprint density at radius 1 is 1.38 bits per heavy atom. The highest BCUT2D eigenvalue weighted by Crippen LogP contribution is 2.19. The van der Waals surface area contributed by atoms with Crippen molar-refractivity contribution in [3.05, 3.63) is 34.7 Å². The number of hydrogen-bond acceptors (Lipinski definition) is 5. The lowest BCUT2D eigenvalue weighted by atomic mass is 10.3. The highest BCUT2D eigenvalue weighted by molar-refractivity contribution is 5.75. The van der Waals surface area contributed by atoms with Crippen LogP contribution < -0.4 is 10.3 Å². The predicted octanol–water partition coefficient (Wildman–Crippen LogP) is 1.37. The SMILES string of the molecule is O=c1ccc2ncc(OC(F)F)cc2n1CC1OCCO1. The van der Waals surface area contributed by atoms with Gasteiger partial charge in [-0.1, -0.05) is 0 Å². The second-order valence-electron chi connectivity index (χ2n) is 4.41. The van der Waals surface area contributed by atoms with Crippen molar-refractivity contribution in [2.45, 2.75) is 19.4 Å². The monoisotopic (exact) mass is 298 g/mol. The maximum Gasteiger partial charge on any atom is 0.387 e. The minimum absolute atomic E-state index is 0.106. The second-order valence-corrected chi connectivity index (χ2v) is 4.41. The summed E-state index contributed by atoms with van der Waals surface area (Å²) in [6, 6.07) is 4.24. The molecule has 0 aromatic carbocycles. The predicted molar refractivity (Wildman–Crippen MR) is 68.3 cm³/mol. The number of halogens is 2. The molecule has 112 valence electrons. The molecule has 6 nitrogen and oxygen atoms in total. The number of pyridine rings is 2. The lowest BCUT2D eigenvalue weighted by molar-refractivity contribution is -0.0528. The first-order chi connectivity index (χ1) is 10.1. The zero-order chi connectivity index (χ0) is 14.8. The number of hydrogen-bond donors (Lipinski definition) is 0. The molecular weight excluding hydrogens is 286 g/mol. The smallest absolute Gasteiger partial charge is 0.387 e. The average Bonchev–Trinajstić information content (AvgIpc) is 2.94. The summed E-state index contributed by atoms with van der Waals surface area (Å²) in [5.74, 6) is -0.106. The standard InChI is InChI=1S/C13H12F2N2O4/c14-13(15)21-8-5-10-9(16-6-8)1-2-11(18)17(10)7-12-19-3-4-20-12/h1-2,5-6,12-13H,3-4,7H2. The zero-order valence-corrected chi connectivity index (χ0v) is 10.9. The van der Waals surface area contributed by atoms with Gasteiger partial charge >= 0.3 is 6.61 Å². The number of ether oxygens (including phenoxy) is 3. The quantitative estimate of drug-likeness (QED) is 0.853. The van der Waals surface area contributed by atoms with E-state index in [1.54, 1.807) is 0 Å². The molecule has 2 aromatic heterocycles. The molecule has 0 amide bonds. The van der Waals surface area contributed by atoms with Gasteiger partial charge in [0, 0.05) is 12.1 Å². The Labute approximate surface area is 117 Å². The molecule has 1 aliphatic rings. The molecule has 0 N–H and O–H groups in total. The van der Waals surface area contributed by atoms with Crippen molar-refractivity contribution in [2.24, 2.45) is 0 Å². The Hall–Kier alpha value is -2.06. The molecule has 1 aliphatic heterocycles. The minimum Gasteiger partial charge on any atom is -0.433 e. The van der Waals surface area contributed by atoms with Crippen LogP contribution in [-0.4, -0.2) is 35.7 Å². The fraction of sp³-hybridized carbons (Fsp3) is 0.385. The first-order valence-corrected chi connectivity index (χ1v) is 6.31. The summed E-state index contributed by atoms with van der Waals surface area (Å²) in [5, 5.41) is 0. The van der Waals surface area contributed by atoms with Crippen LogP contribution in [0.5, 0.6) is 5.75 Å². The van der Waals surface area contributed by atoms with E-state index in [1.165, 1.54) is 29.0 Å². The van der Waals surface area contributed by atoms with Crippen LogP contribution in [0.2, 0.25) is 0 Å². The Bertz CT molecular complexity index is 698. The van der Waals surface area contributed by atoms with Crippen LogP contribution in [0, 0.1) is 0 Å². The minimum atomic E-state index is -2.95. The van der Waals surface area contributed by atoms with Crippen molar-refractivity contribution in [1.29, 1.82) is 0 Å². The third kappa shape index (κ3) is 3.01. The van der Waals surface area contributed by atoms with E-state index in [0.29, 0.717) is 24.2 Å². The maximum atomic E-state index is 12.3. The van der Waals surface area contributed by atoms with Crippen molar-refractivity contribution in [3.63, 3.8) is 0 Å². The molecule has 1 saturated heterocycles. The van der Waals surface area contributed by atoms with E-state index < -0.39 is 12.9 Å². The Balaban J connectivity index is 2.02. The van der Waals surface area contributed by atoms with E-state index in [4.69, 9.17) is 9.47 Å². The number of rotatable bonds is 4. The first kappa shape index (κ1) is 13.9. The fourth-order valence-corrected chi connectivity index (χ4v) is 2.17. The Kier molecular flexibility index (Phi) is 3.80. The zero-order valence-electron chi connectivity index (χ0n) is 10.9. The average molecular weight is 298 g/mol. The van der Waals surface area contributed by atoms with Gasteiger partial charge in [-0.2, -0.15) is 8.78 Å². The number of fused-ring (bicyclic) bond motifs is 1. The molecule has 21 heavy (non-hydrogen) atoms. The molecule has 0 atom stereocenters. The summed E-state index contributed by atoms with van der Waals surface area (Å²) in [7, 11) is 0. The molecule has 0 bridgehead atoms. The summed E-state index contributed by atoms with van der Waals surface area (Å²) in [5.41, 5.74) is 0.589. The van der Waals surface area contributed by atoms with Crippen molar-refractivity contribution in [3.8, 4) is 5.75 Å². The second kappa shape index (κ2) is 5.74. The summed E-state index contributed by atoms with van der Waals surface area (Å²) in [6.45, 7) is -1.87. The molecule has 0 unspecified atom stereocenters. The molecule has 2 aromatic rings. The van der Waals surface area contributed by atoms with Crippen LogP contribution in [0.3, 0.4) is 0 Å². The molecule has 0 aliphatic carbocycles. The van der Waals surface area contributed by atoms with Gasteiger partial charge in [0.25, 0.3) is 5.56 Å². The largest absolute Gasteiger partial charge is 0.433 e. The van der Waals surface area contributed by atoms with Crippen LogP contribution in [-0.2, 0) is 16.0 Å². The third-order valence-electron chi connectivity index (χ3n) is 3.06. The van der Waals surface area contributed by atoms with Gasteiger partial charge in [-0.25, -0.2) is 0 Å². The Morgan fingerprint density at radius 2 is 2.14 bits per heavy atom. The van der Waals surface area contributed by atoms with Gasteiger partial charge in [-0.05, 0) is 6.07 Å². The van der Waals surface area contributed by atoms with Gasteiger partial charge in [0.05, 0.1) is 37.0 Å². The number of aromatic nitrogens is 2. The van der Waals surface area contributed by atoms with Crippen LogP contribution >= 0.6 is 0 Å². The molecule has 8 heteroatoms. The fourth-order valence-electron chi connectivity index (χ4n) is 2.17. The molecule has 0 radical (unpaired) electrons. The first-order valence-electron chi connectivity index (χ1n) is 6.31. The molecule has 1 fully saturated rings. The van der Waals surface area contributed by atoms with E-state index in [9.17, 15) is 13.6 Å². The third-order valence-corrected chi connectivity index (χ3v) is 3.06. The lowest BCUT2D eigenvalue weighted by Gasteiger charge is -2.14. The Morgan fingerprint density at radius 3 is 2.86 bits per heavy atom. The highest BCUT2D eigenvalue weighted by atomic mass is 19.3. The van der Waals surface area contributed by atoms with Crippen molar-refractivity contribution >= 4 is 11.0 Å². The van der Waals surface area contributed by atoms with Gasteiger partial charge in [0.2, 0.25) is 0 Å². The van der Waals surface area contributed by atoms with E-state index in [-0.39, 0.29) is 17.9 Å². The molecule has 3 heterocycles. The van der Waals surface area contributed by atoms with Gasteiger partial charge < -0.3 is 18.8 Å². The summed E-state index contributed by atoms with van der Waals surface area (Å²) >= 11 is 0. The molecule has 0 saturated carbocycles. The van der Waals surface area contributed by atoms with E-state index in [2.05, 4.69) is 9.72 Å². The van der Waals surface area contributed by atoms with Crippen LogP contribution in [0.25, 0.3) is 11.0 Å². The number of nitrogens with zero attached hydrogens (tertiary/aromatic N) is 2. The van der Waals surface area contributed by atoms with Gasteiger partial charge in [-0.3, -0.25) is 9.78 Å². The van der Waals surface area contributed by atoms with Crippen LogP contribution in [0.1, 0.15) is 0 Å². The van der Waals surface area contributed by atoms with E-state index in [1.807, 2.05) is 0 Å². The topological polar surface area (TPSA) is 62.6 Å². The molecular formula is C13H12F2N2O4. The van der Waals surface area contributed by atoms with Gasteiger partial charge in [0.1, 0.15) is 5.75 Å². The molecule has 0 spiro atoms. The maximum absolute atomic E-state index is 12.3. The summed E-state index contributed by atoms with van der Waals surface area (Å²) in [6.07, 6.45) is 0.652. The lowest BCUT2D eigenvalue weighted by Crippen LogP contribution is -2.27. The number of alkyl halides is 2. The van der Waals surface area contributed by atoms with Crippen molar-refractivity contribution in [2.75, 3.05) is 13.2 Å². The van der Waals surface area contributed by atoms with Crippen molar-refractivity contribution in [1.82, 2.24) is 9.55 Å². The van der Waals surface area contributed by atoms with E-state index >= 15 is 0 Å². The highest BCUT2D eigenvalue weighted by Gasteiger charge is 2.18. The van der Waals surface area contributed by atoms with Crippen LogP contribution in [0.4, 0.5) is 8.78 Å². The summed E-state index contributed by atoms with van der Waals surface area (Å²) in [4.78, 5) is 16.0.